The number of hydrogen-bond donors (Lipinski definition) is 1. The zero-order chi connectivity index (χ0) is 10.6. The van der Waals surface area contributed by atoms with Crippen molar-refractivity contribution in [1.29, 1.82) is 5.26 Å². The van der Waals surface area contributed by atoms with Gasteiger partial charge in [0.05, 0.1) is 7.11 Å². The van der Waals surface area contributed by atoms with Gasteiger partial charge in [0.25, 0.3) is 5.91 Å². The van der Waals surface area contributed by atoms with E-state index in [0.717, 1.165) is 6.07 Å². The fourth-order valence-corrected chi connectivity index (χ4v) is 1.01. The first-order valence-electron chi connectivity index (χ1n) is 3.72. The van der Waals surface area contributed by atoms with Gasteiger partial charge in [0.2, 0.25) is 0 Å². The lowest BCUT2D eigenvalue weighted by Gasteiger charge is -2.06. The minimum absolute atomic E-state index is 0.0951. The molecule has 0 saturated heterocycles. The SMILES string of the molecule is COc1cccc(F)c1C(=O)NC#N. The molecule has 0 aromatic heterocycles. The molecule has 0 spiro atoms. The number of nitrogens with one attached hydrogen (secondary N) is 1. The highest BCUT2D eigenvalue weighted by molar-refractivity contribution is 5.98. The summed E-state index contributed by atoms with van der Waals surface area (Å²) in [5, 5.41) is 10.0. The maximum Gasteiger partial charge on any atom is 0.271 e. The predicted octanol–water partition coefficient (Wildman–Crippen LogP) is 1.05. The summed E-state index contributed by atoms with van der Waals surface area (Å²) in [6.45, 7) is 0. The molecule has 4 nitrogen and oxygen atoms in total. The Bertz CT molecular complexity index is 398. The highest BCUT2D eigenvalue weighted by Crippen LogP contribution is 2.20. The monoisotopic (exact) mass is 194 g/mol. The number of ether oxygens (including phenoxy) is 1. The van der Waals surface area contributed by atoms with Crippen LogP contribution in [-0.4, -0.2) is 13.0 Å². The molecule has 0 aliphatic carbocycles. The molecule has 0 atom stereocenters. The molecule has 0 unspecified atom stereocenters. The lowest BCUT2D eigenvalue weighted by Crippen LogP contribution is -2.19. The van der Waals surface area contributed by atoms with Crippen molar-refractivity contribution < 1.29 is 13.9 Å². The number of halogens is 1. The van der Waals surface area contributed by atoms with Crippen LogP contribution in [0.3, 0.4) is 0 Å². The van der Waals surface area contributed by atoms with Crippen LogP contribution in [0, 0.1) is 17.3 Å². The number of benzene rings is 1. The summed E-state index contributed by atoms with van der Waals surface area (Å²) >= 11 is 0. The number of rotatable bonds is 2. The van der Waals surface area contributed by atoms with E-state index in [0.29, 0.717) is 0 Å². The third-order valence-electron chi connectivity index (χ3n) is 1.59. The van der Waals surface area contributed by atoms with Gasteiger partial charge in [-0.3, -0.25) is 10.1 Å². The number of nitriles is 1. The van der Waals surface area contributed by atoms with Crippen molar-refractivity contribution in [3.63, 3.8) is 0 Å². The summed E-state index contributed by atoms with van der Waals surface area (Å²) in [5.74, 6) is -1.45. The van der Waals surface area contributed by atoms with E-state index in [9.17, 15) is 9.18 Å². The molecule has 0 bridgehead atoms. The van der Waals surface area contributed by atoms with Gasteiger partial charge in [0.1, 0.15) is 17.1 Å². The summed E-state index contributed by atoms with van der Waals surface area (Å²) in [6, 6.07) is 3.97. The highest BCUT2D eigenvalue weighted by atomic mass is 19.1. The van der Waals surface area contributed by atoms with Gasteiger partial charge in [0, 0.05) is 0 Å². The van der Waals surface area contributed by atoms with Gasteiger partial charge in [0.15, 0.2) is 6.19 Å². The molecule has 72 valence electrons. The van der Waals surface area contributed by atoms with Crippen molar-refractivity contribution in [3.05, 3.63) is 29.6 Å². The molecule has 0 aliphatic rings. The van der Waals surface area contributed by atoms with Gasteiger partial charge < -0.3 is 4.74 Å². The van der Waals surface area contributed by atoms with Crippen LogP contribution in [0.2, 0.25) is 0 Å². The molecule has 0 saturated carbocycles. The minimum atomic E-state index is -0.817. The molecule has 1 aromatic rings. The lowest BCUT2D eigenvalue weighted by molar-refractivity contribution is 0.0965. The molecule has 1 aromatic carbocycles. The summed E-state index contributed by atoms with van der Waals surface area (Å²) in [5.41, 5.74) is -0.267. The molecule has 1 rings (SSSR count). The second-order valence-corrected chi connectivity index (χ2v) is 2.38. The normalized spacial score (nSPS) is 8.93. The standard InChI is InChI=1S/C9H7FN2O2/c1-14-7-4-2-3-6(10)8(7)9(13)12-5-11/h2-4H,1H3,(H,12,13). The van der Waals surface area contributed by atoms with Gasteiger partial charge in [-0.15, -0.1) is 0 Å². The van der Waals surface area contributed by atoms with Gasteiger partial charge in [-0.2, -0.15) is 5.26 Å². The Morgan fingerprint density at radius 1 is 1.64 bits per heavy atom. The zero-order valence-corrected chi connectivity index (χ0v) is 7.37. The fraction of sp³-hybridized carbons (Fsp3) is 0.111. The lowest BCUT2D eigenvalue weighted by atomic mass is 10.2. The van der Waals surface area contributed by atoms with Crippen LogP contribution < -0.4 is 10.1 Å². The number of nitrogens with zero attached hydrogens (tertiary/aromatic N) is 1. The largest absolute Gasteiger partial charge is 0.496 e. The first-order valence-corrected chi connectivity index (χ1v) is 3.72. The van der Waals surface area contributed by atoms with E-state index in [1.165, 1.54) is 25.4 Å². The van der Waals surface area contributed by atoms with E-state index < -0.39 is 11.7 Å². The maximum atomic E-state index is 13.2. The van der Waals surface area contributed by atoms with E-state index >= 15 is 0 Å². The molecule has 1 N–H and O–H groups in total. The summed E-state index contributed by atoms with van der Waals surface area (Å²) in [6.07, 6.45) is 1.42. The third kappa shape index (κ3) is 1.80. The Morgan fingerprint density at radius 3 is 2.93 bits per heavy atom. The predicted molar refractivity (Wildman–Crippen MR) is 46.0 cm³/mol. The minimum Gasteiger partial charge on any atom is -0.496 e. The topological polar surface area (TPSA) is 62.1 Å². The van der Waals surface area contributed by atoms with Crippen molar-refractivity contribution in [2.45, 2.75) is 0 Å². The molecule has 14 heavy (non-hydrogen) atoms. The van der Waals surface area contributed by atoms with Crippen molar-refractivity contribution >= 4 is 5.91 Å². The van der Waals surface area contributed by atoms with Gasteiger partial charge in [-0.1, -0.05) is 6.07 Å². The van der Waals surface area contributed by atoms with Crippen LogP contribution in [0.15, 0.2) is 18.2 Å². The second kappa shape index (κ2) is 4.23. The zero-order valence-electron chi connectivity index (χ0n) is 7.37. The van der Waals surface area contributed by atoms with Crippen LogP contribution in [0.5, 0.6) is 5.75 Å². The van der Waals surface area contributed by atoms with Crippen molar-refractivity contribution in [2.75, 3.05) is 7.11 Å². The number of amides is 1. The van der Waals surface area contributed by atoms with Gasteiger partial charge >= 0.3 is 0 Å². The van der Waals surface area contributed by atoms with E-state index in [4.69, 9.17) is 10.00 Å². The summed E-state index contributed by atoms with van der Waals surface area (Å²) in [4.78, 5) is 11.2. The van der Waals surface area contributed by atoms with E-state index in [1.54, 1.807) is 0 Å². The number of methoxy groups -OCH3 is 1. The Kier molecular flexibility index (Phi) is 3.02. The Hall–Kier alpha value is -2.09. The van der Waals surface area contributed by atoms with Gasteiger partial charge in [-0.05, 0) is 12.1 Å². The second-order valence-electron chi connectivity index (χ2n) is 2.38. The molecule has 0 aliphatic heterocycles. The smallest absolute Gasteiger partial charge is 0.271 e. The van der Waals surface area contributed by atoms with Crippen LogP contribution in [-0.2, 0) is 0 Å². The molecule has 5 heteroatoms. The quantitative estimate of drug-likeness (QED) is 0.565. The maximum absolute atomic E-state index is 13.2. The van der Waals surface area contributed by atoms with Crippen molar-refractivity contribution in [2.24, 2.45) is 0 Å². The van der Waals surface area contributed by atoms with Crippen molar-refractivity contribution in [1.82, 2.24) is 5.32 Å². The van der Waals surface area contributed by atoms with Crippen LogP contribution >= 0.6 is 0 Å². The van der Waals surface area contributed by atoms with Gasteiger partial charge in [-0.25, -0.2) is 4.39 Å². The molecule has 0 heterocycles. The average molecular weight is 194 g/mol. The number of carbonyl (C=O) groups is 1. The molecular formula is C9H7FN2O2. The Balaban J connectivity index is 3.18. The number of carbonyl (C=O) groups excluding carboxylic acids is 1. The molecule has 0 radical (unpaired) electrons. The Labute approximate surface area is 79.9 Å². The molecule has 1 amide bonds. The number of hydrogen-bond acceptors (Lipinski definition) is 3. The first kappa shape index (κ1) is 9.99. The molecule has 0 fully saturated rings. The van der Waals surface area contributed by atoms with E-state index in [-0.39, 0.29) is 11.3 Å². The highest BCUT2D eigenvalue weighted by Gasteiger charge is 2.16. The summed E-state index contributed by atoms with van der Waals surface area (Å²) in [7, 11) is 1.32. The van der Waals surface area contributed by atoms with Crippen LogP contribution in [0.4, 0.5) is 4.39 Å². The average Bonchev–Trinajstić information content (AvgIpc) is 2.17. The summed E-state index contributed by atoms with van der Waals surface area (Å²) < 4.78 is 17.9. The van der Waals surface area contributed by atoms with Crippen LogP contribution in [0.1, 0.15) is 10.4 Å². The van der Waals surface area contributed by atoms with E-state index in [1.807, 2.05) is 5.32 Å². The first-order chi connectivity index (χ1) is 6.70. The van der Waals surface area contributed by atoms with E-state index in [2.05, 4.69) is 0 Å². The molecular weight excluding hydrogens is 187 g/mol. The van der Waals surface area contributed by atoms with Crippen molar-refractivity contribution in [3.8, 4) is 11.9 Å². The third-order valence-corrected chi connectivity index (χ3v) is 1.59. The Morgan fingerprint density at radius 2 is 2.36 bits per heavy atom. The fourth-order valence-electron chi connectivity index (χ4n) is 1.01. The van der Waals surface area contributed by atoms with Crippen LogP contribution in [0.25, 0.3) is 0 Å².